The SMILES string of the molecule is NC(=S)c1ccc(Br)cc1N1CCn2ccnc2C1. The van der Waals surface area contributed by atoms with Crippen LogP contribution in [0.5, 0.6) is 0 Å². The number of hydrogen-bond donors (Lipinski definition) is 1. The predicted octanol–water partition coefficient (Wildman–Crippen LogP) is 2.30. The second-order valence-corrected chi connectivity index (χ2v) is 5.84. The van der Waals surface area contributed by atoms with Gasteiger partial charge in [-0.1, -0.05) is 28.1 Å². The van der Waals surface area contributed by atoms with Crippen molar-refractivity contribution in [2.75, 3.05) is 11.4 Å². The van der Waals surface area contributed by atoms with Crippen molar-refractivity contribution in [3.05, 3.63) is 46.5 Å². The molecule has 6 heteroatoms. The van der Waals surface area contributed by atoms with Gasteiger partial charge < -0.3 is 15.2 Å². The molecule has 0 amide bonds. The molecule has 4 nitrogen and oxygen atoms in total. The van der Waals surface area contributed by atoms with Crippen LogP contribution >= 0.6 is 28.1 Å². The first-order valence-corrected chi connectivity index (χ1v) is 7.19. The van der Waals surface area contributed by atoms with Gasteiger partial charge in [0.15, 0.2) is 0 Å². The lowest BCUT2D eigenvalue weighted by molar-refractivity contribution is 0.560. The highest BCUT2D eigenvalue weighted by Crippen LogP contribution is 2.28. The van der Waals surface area contributed by atoms with Crippen LogP contribution in [0.25, 0.3) is 0 Å². The Kier molecular flexibility index (Phi) is 3.28. The molecule has 2 N–H and O–H groups in total. The van der Waals surface area contributed by atoms with Crippen molar-refractivity contribution in [1.82, 2.24) is 9.55 Å². The van der Waals surface area contributed by atoms with Crippen LogP contribution in [0.2, 0.25) is 0 Å². The van der Waals surface area contributed by atoms with Crippen LogP contribution in [0, 0.1) is 0 Å². The van der Waals surface area contributed by atoms with Crippen molar-refractivity contribution in [2.45, 2.75) is 13.1 Å². The Bertz CT molecular complexity index is 637. The molecular formula is C13H13BrN4S. The van der Waals surface area contributed by atoms with Gasteiger partial charge in [-0.05, 0) is 18.2 Å². The molecule has 0 aliphatic carbocycles. The largest absolute Gasteiger partial charge is 0.389 e. The molecular weight excluding hydrogens is 324 g/mol. The first-order valence-electron chi connectivity index (χ1n) is 5.99. The summed E-state index contributed by atoms with van der Waals surface area (Å²) in [5.74, 6) is 1.07. The van der Waals surface area contributed by atoms with Gasteiger partial charge in [0.2, 0.25) is 0 Å². The second kappa shape index (κ2) is 4.94. The van der Waals surface area contributed by atoms with E-state index in [4.69, 9.17) is 18.0 Å². The zero-order valence-corrected chi connectivity index (χ0v) is 12.6. The number of thiocarbonyl (C=S) groups is 1. The highest BCUT2D eigenvalue weighted by atomic mass is 79.9. The number of aromatic nitrogens is 2. The van der Waals surface area contributed by atoms with Crippen LogP contribution in [0.15, 0.2) is 35.1 Å². The summed E-state index contributed by atoms with van der Waals surface area (Å²) < 4.78 is 3.20. The predicted molar refractivity (Wildman–Crippen MR) is 83.3 cm³/mol. The quantitative estimate of drug-likeness (QED) is 0.855. The number of hydrogen-bond acceptors (Lipinski definition) is 3. The average Bonchev–Trinajstić information content (AvgIpc) is 2.85. The summed E-state index contributed by atoms with van der Waals surface area (Å²) in [5.41, 5.74) is 7.80. The molecule has 98 valence electrons. The fraction of sp³-hybridized carbons (Fsp3) is 0.231. The van der Waals surface area contributed by atoms with Crippen molar-refractivity contribution in [3.8, 4) is 0 Å². The Morgan fingerprint density at radius 1 is 1.37 bits per heavy atom. The Hall–Kier alpha value is -1.40. The summed E-state index contributed by atoms with van der Waals surface area (Å²) in [6.45, 7) is 2.63. The van der Waals surface area contributed by atoms with E-state index < -0.39 is 0 Å². The molecule has 0 atom stereocenters. The Morgan fingerprint density at radius 3 is 3.00 bits per heavy atom. The number of fused-ring (bicyclic) bond motifs is 1. The zero-order valence-electron chi connectivity index (χ0n) is 10.2. The lowest BCUT2D eigenvalue weighted by atomic mass is 10.1. The minimum absolute atomic E-state index is 0.427. The third-order valence-electron chi connectivity index (χ3n) is 3.31. The van der Waals surface area contributed by atoms with Gasteiger partial charge in [0.25, 0.3) is 0 Å². The monoisotopic (exact) mass is 336 g/mol. The number of rotatable bonds is 2. The van der Waals surface area contributed by atoms with Crippen LogP contribution in [0.1, 0.15) is 11.4 Å². The van der Waals surface area contributed by atoms with Gasteiger partial charge in [0.05, 0.1) is 6.54 Å². The van der Waals surface area contributed by atoms with Gasteiger partial charge in [-0.3, -0.25) is 0 Å². The molecule has 1 aromatic carbocycles. The van der Waals surface area contributed by atoms with Crippen LogP contribution < -0.4 is 10.6 Å². The standard InChI is InChI=1S/C13H13BrN4S/c14-9-1-2-10(13(15)19)11(7-9)18-6-5-17-4-3-16-12(17)8-18/h1-4,7H,5-6,8H2,(H2,15,19). The molecule has 19 heavy (non-hydrogen) atoms. The Labute approximate surface area is 125 Å². The van der Waals surface area contributed by atoms with E-state index in [1.54, 1.807) is 0 Å². The van der Waals surface area contributed by atoms with Crippen LogP contribution in [0.4, 0.5) is 5.69 Å². The second-order valence-electron chi connectivity index (χ2n) is 4.48. The Morgan fingerprint density at radius 2 is 2.21 bits per heavy atom. The van der Waals surface area contributed by atoms with E-state index in [9.17, 15) is 0 Å². The molecule has 0 saturated carbocycles. The maximum Gasteiger partial charge on any atom is 0.128 e. The van der Waals surface area contributed by atoms with Gasteiger partial charge in [0.1, 0.15) is 10.8 Å². The van der Waals surface area contributed by atoms with Crippen LogP contribution in [0.3, 0.4) is 0 Å². The smallest absolute Gasteiger partial charge is 0.128 e. The topological polar surface area (TPSA) is 47.1 Å². The van der Waals surface area contributed by atoms with Crippen LogP contribution in [-0.2, 0) is 13.1 Å². The van der Waals surface area contributed by atoms with E-state index in [0.717, 1.165) is 41.2 Å². The fourth-order valence-corrected chi connectivity index (χ4v) is 2.88. The molecule has 0 radical (unpaired) electrons. The molecule has 2 aromatic rings. The first kappa shape index (κ1) is 12.6. The number of nitrogens with two attached hydrogens (primary N) is 1. The molecule has 0 saturated heterocycles. The third-order valence-corrected chi connectivity index (χ3v) is 4.02. The van der Waals surface area contributed by atoms with Crippen molar-refractivity contribution in [1.29, 1.82) is 0 Å². The van der Waals surface area contributed by atoms with E-state index in [-0.39, 0.29) is 0 Å². The maximum absolute atomic E-state index is 5.81. The minimum Gasteiger partial charge on any atom is -0.389 e. The lowest BCUT2D eigenvalue weighted by Gasteiger charge is -2.31. The van der Waals surface area contributed by atoms with Crippen molar-refractivity contribution >= 4 is 38.8 Å². The van der Waals surface area contributed by atoms with Gasteiger partial charge in [-0.15, -0.1) is 0 Å². The zero-order chi connectivity index (χ0) is 13.4. The average molecular weight is 337 g/mol. The van der Waals surface area contributed by atoms with E-state index in [0.29, 0.717) is 4.99 Å². The third kappa shape index (κ3) is 2.37. The summed E-state index contributed by atoms with van der Waals surface area (Å²) in [6, 6.07) is 5.98. The van der Waals surface area contributed by atoms with Gasteiger partial charge in [-0.2, -0.15) is 0 Å². The molecule has 2 heterocycles. The van der Waals surface area contributed by atoms with Crippen molar-refractivity contribution < 1.29 is 0 Å². The number of halogens is 1. The normalized spacial score (nSPS) is 14.3. The minimum atomic E-state index is 0.427. The van der Waals surface area contributed by atoms with Gasteiger partial charge >= 0.3 is 0 Å². The number of nitrogens with zero attached hydrogens (tertiary/aromatic N) is 3. The van der Waals surface area contributed by atoms with Crippen LogP contribution in [-0.4, -0.2) is 21.1 Å². The molecule has 0 bridgehead atoms. The molecule has 1 aliphatic rings. The lowest BCUT2D eigenvalue weighted by Crippen LogP contribution is -2.35. The maximum atomic E-state index is 5.81. The molecule has 0 spiro atoms. The Balaban J connectivity index is 1.99. The van der Waals surface area contributed by atoms with Gasteiger partial charge in [-0.25, -0.2) is 4.98 Å². The fourth-order valence-electron chi connectivity index (χ4n) is 2.35. The van der Waals surface area contributed by atoms with E-state index in [2.05, 4.69) is 36.4 Å². The summed E-state index contributed by atoms with van der Waals surface area (Å²) in [4.78, 5) is 7.07. The van der Waals surface area contributed by atoms with E-state index in [1.807, 2.05) is 24.5 Å². The highest BCUT2D eigenvalue weighted by molar-refractivity contribution is 9.10. The first-order chi connectivity index (χ1) is 9.15. The molecule has 3 rings (SSSR count). The number of imidazole rings is 1. The summed E-state index contributed by atoms with van der Waals surface area (Å²) in [5, 5.41) is 0. The summed E-state index contributed by atoms with van der Waals surface area (Å²) >= 11 is 8.64. The van der Waals surface area contributed by atoms with Crippen molar-refractivity contribution in [3.63, 3.8) is 0 Å². The molecule has 0 unspecified atom stereocenters. The van der Waals surface area contributed by atoms with Gasteiger partial charge in [0, 0.05) is 41.2 Å². The van der Waals surface area contributed by atoms with Crippen molar-refractivity contribution in [2.24, 2.45) is 5.73 Å². The molecule has 1 aliphatic heterocycles. The van der Waals surface area contributed by atoms with E-state index >= 15 is 0 Å². The number of anilines is 1. The number of benzene rings is 1. The summed E-state index contributed by atoms with van der Waals surface area (Å²) in [7, 11) is 0. The summed E-state index contributed by atoms with van der Waals surface area (Å²) in [6.07, 6.45) is 3.86. The molecule has 0 fully saturated rings. The van der Waals surface area contributed by atoms with E-state index in [1.165, 1.54) is 0 Å². The molecule has 1 aromatic heterocycles. The highest BCUT2D eigenvalue weighted by Gasteiger charge is 2.20.